The van der Waals surface area contributed by atoms with E-state index in [-0.39, 0.29) is 5.41 Å². The summed E-state index contributed by atoms with van der Waals surface area (Å²) in [5.41, 5.74) is 1.55. The van der Waals surface area contributed by atoms with Crippen LogP contribution in [0, 0.1) is 11.3 Å². The standard InChI is InChI=1S/C15H25NO/c1-5-16-11-15(4,12(2)3)10-13-6-8-14(17)9-7-13/h6-9,12,16-17H,5,10-11H2,1-4H3. The van der Waals surface area contributed by atoms with Crippen molar-refractivity contribution in [1.29, 1.82) is 0 Å². The third kappa shape index (κ3) is 4.04. The number of aromatic hydroxyl groups is 1. The zero-order chi connectivity index (χ0) is 12.9. The molecule has 0 aliphatic rings. The molecule has 2 heteroatoms. The third-order valence-corrected chi connectivity index (χ3v) is 3.72. The molecule has 96 valence electrons. The quantitative estimate of drug-likeness (QED) is 0.793. The van der Waals surface area contributed by atoms with Gasteiger partial charge in [0.2, 0.25) is 0 Å². The van der Waals surface area contributed by atoms with E-state index in [0.29, 0.717) is 11.7 Å². The molecule has 1 aromatic rings. The van der Waals surface area contributed by atoms with Gasteiger partial charge < -0.3 is 10.4 Å². The van der Waals surface area contributed by atoms with Crippen LogP contribution in [0.2, 0.25) is 0 Å². The van der Waals surface area contributed by atoms with Crippen LogP contribution in [0.4, 0.5) is 0 Å². The van der Waals surface area contributed by atoms with Gasteiger partial charge in [-0.15, -0.1) is 0 Å². The lowest BCUT2D eigenvalue weighted by molar-refractivity contribution is 0.209. The van der Waals surface area contributed by atoms with Crippen LogP contribution in [-0.2, 0) is 6.42 Å². The number of phenols is 1. The average Bonchev–Trinajstić information content (AvgIpc) is 2.29. The van der Waals surface area contributed by atoms with E-state index in [4.69, 9.17) is 0 Å². The highest BCUT2D eigenvalue weighted by Crippen LogP contribution is 2.31. The van der Waals surface area contributed by atoms with Crippen LogP contribution in [0.1, 0.15) is 33.3 Å². The van der Waals surface area contributed by atoms with Gasteiger partial charge in [0.15, 0.2) is 0 Å². The second kappa shape index (κ2) is 6.06. The highest BCUT2D eigenvalue weighted by atomic mass is 16.3. The van der Waals surface area contributed by atoms with E-state index in [9.17, 15) is 5.11 Å². The Balaban J connectivity index is 2.75. The summed E-state index contributed by atoms with van der Waals surface area (Å²) in [5, 5.41) is 12.7. The Labute approximate surface area is 105 Å². The van der Waals surface area contributed by atoms with E-state index in [2.05, 4.69) is 33.0 Å². The van der Waals surface area contributed by atoms with Crippen molar-refractivity contribution in [2.24, 2.45) is 11.3 Å². The summed E-state index contributed by atoms with van der Waals surface area (Å²) < 4.78 is 0. The van der Waals surface area contributed by atoms with Gasteiger partial charge in [-0.2, -0.15) is 0 Å². The predicted molar refractivity (Wildman–Crippen MR) is 73.3 cm³/mol. The summed E-state index contributed by atoms with van der Waals surface area (Å²) in [4.78, 5) is 0. The maximum Gasteiger partial charge on any atom is 0.115 e. The van der Waals surface area contributed by atoms with Gasteiger partial charge in [0.1, 0.15) is 5.75 Å². The molecule has 1 aromatic carbocycles. The van der Waals surface area contributed by atoms with Gasteiger partial charge in [-0.25, -0.2) is 0 Å². The largest absolute Gasteiger partial charge is 0.508 e. The molecule has 0 bridgehead atoms. The molecule has 0 spiro atoms. The highest BCUT2D eigenvalue weighted by Gasteiger charge is 2.27. The van der Waals surface area contributed by atoms with Crippen molar-refractivity contribution in [2.45, 2.75) is 34.1 Å². The number of nitrogens with one attached hydrogen (secondary N) is 1. The van der Waals surface area contributed by atoms with Gasteiger partial charge in [-0.1, -0.05) is 39.8 Å². The maximum atomic E-state index is 9.29. The second-order valence-corrected chi connectivity index (χ2v) is 5.43. The average molecular weight is 235 g/mol. The molecule has 0 amide bonds. The lowest BCUT2D eigenvalue weighted by Crippen LogP contribution is -2.37. The first-order chi connectivity index (χ1) is 7.98. The Hall–Kier alpha value is -1.02. The summed E-state index contributed by atoms with van der Waals surface area (Å²) in [6.45, 7) is 11.1. The molecule has 1 unspecified atom stereocenters. The molecule has 0 heterocycles. The van der Waals surface area contributed by atoms with Crippen molar-refractivity contribution in [3.8, 4) is 5.75 Å². The fourth-order valence-electron chi connectivity index (χ4n) is 1.96. The second-order valence-electron chi connectivity index (χ2n) is 5.43. The van der Waals surface area contributed by atoms with E-state index in [1.54, 1.807) is 12.1 Å². The molecule has 0 aliphatic heterocycles. The van der Waals surface area contributed by atoms with Gasteiger partial charge in [0.05, 0.1) is 0 Å². The molecule has 2 nitrogen and oxygen atoms in total. The molecular weight excluding hydrogens is 210 g/mol. The van der Waals surface area contributed by atoms with Gasteiger partial charge >= 0.3 is 0 Å². The molecule has 0 radical (unpaired) electrons. The number of rotatable bonds is 6. The molecule has 2 N–H and O–H groups in total. The topological polar surface area (TPSA) is 32.3 Å². The minimum atomic E-state index is 0.257. The summed E-state index contributed by atoms with van der Waals surface area (Å²) in [6.07, 6.45) is 1.04. The first kappa shape index (κ1) is 14.0. The van der Waals surface area contributed by atoms with Crippen LogP contribution in [0.3, 0.4) is 0 Å². The molecule has 0 aromatic heterocycles. The van der Waals surface area contributed by atoms with E-state index < -0.39 is 0 Å². The predicted octanol–water partition coefficient (Wildman–Crippen LogP) is 3.21. The van der Waals surface area contributed by atoms with E-state index in [1.807, 2.05) is 12.1 Å². The Morgan fingerprint density at radius 3 is 2.29 bits per heavy atom. The van der Waals surface area contributed by atoms with Gasteiger partial charge in [0.25, 0.3) is 0 Å². The van der Waals surface area contributed by atoms with Crippen LogP contribution in [0.25, 0.3) is 0 Å². The van der Waals surface area contributed by atoms with Crippen LogP contribution in [0.5, 0.6) is 5.75 Å². The van der Waals surface area contributed by atoms with Crippen molar-refractivity contribution in [3.63, 3.8) is 0 Å². The molecule has 1 atom stereocenters. The SMILES string of the molecule is CCNCC(C)(Cc1ccc(O)cc1)C(C)C. The van der Waals surface area contributed by atoms with E-state index in [0.717, 1.165) is 19.5 Å². The monoisotopic (exact) mass is 235 g/mol. The number of hydrogen-bond donors (Lipinski definition) is 2. The van der Waals surface area contributed by atoms with Crippen molar-refractivity contribution in [3.05, 3.63) is 29.8 Å². The van der Waals surface area contributed by atoms with Crippen molar-refractivity contribution in [2.75, 3.05) is 13.1 Å². The summed E-state index contributed by atoms with van der Waals surface area (Å²) in [7, 11) is 0. The molecule has 0 fully saturated rings. The molecular formula is C15H25NO. The first-order valence-electron chi connectivity index (χ1n) is 6.46. The molecule has 0 aliphatic carbocycles. The lowest BCUT2D eigenvalue weighted by atomic mass is 9.74. The fraction of sp³-hybridized carbons (Fsp3) is 0.600. The Bertz CT molecular complexity index is 331. The minimum absolute atomic E-state index is 0.257. The summed E-state index contributed by atoms with van der Waals surface area (Å²) in [6, 6.07) is 7.57. The van der Waals surface area contributed by atoms with Crippen LogP contribution in [-0.4, -0.2) is 18.2 Å². The number of hydrogen-bond acceptors (Lipinski definition) is 2. The third-order valence-electron chi connectivity index (χ3n) is 3.72. The minimum Gasteiger partial charge on any atom is -0.508 e. The highest BCUT2D eigenvalue weighted by molar-refractivity contribution is 5.26. The fourth-order valence-corrected chi connectivity index (χ4v) is 1.96. The molecule has 0 saturated carbocycles. The van der Waals surface area contributed by atoms with Crippen molar-refractivity contribution < 1.29 is 5.11 Å². The Morgan fingerprint density at radius 1 is 1.24 bits per heavy atom. The zero-order valence-corrected chi connectivity index (χ0v) is 11.5. The molecule has 17 heavy (non-hydrogen) atoms. The van der Waals surface area contributed by atoms with Crippen LogP contribution >= 0.6 is 0 Å². The Kier molecular flexibility index (Phi) is 5.01. The number of phenolic OH excluding ortho intramolecular Hbond substituents is 1. The van der Waals surface area contributed by atoms with Crippen LogP contribution in [0.15, 0.2) is 24.3 Å². The normalized spacial score (nSPS) is 14.9. The summed E-state index contributed by atoms with van der Waals surface area (Å²) in [5.74, 6) is 0.960. The number of benzene rings is 1. The maximum absolute atomic E-state index is 9.29. The molecule has 1 rings (SSSR count). The Morgan fingerprint density at radius 2 is 1.82 bits per heavy atom. The van der Waals surface area contributed by atoms with Crippen LogP contribution < -0.4 is 5.32 Å². The van der Waals surface area contributed by atoms with E-state index >= 15 is 0 Å². The first-order valence-corrected chi connectivity index (χ1v) is 6.46. The van der Waals surface area contributed by atoms with Crippen molar-refractivity contribution >= 4 is 0 Å². The lowest BCUT2D eigenvalue weighted by Gasteiger charge is -2.34. The van der Waals surface area contributed by atoms with Crippen molar-refractivity contribution in [1.82, 2.24) is 5.32 Å². The van der Waals surface area contributed by atoms with Gasteiger partial charge in [-0.3, -0.25) is 0 Å². The van der Waals surface area contributed by atoms with Gasteiger partial charge in [-0.05, 0) is 42.0 Å². The zero-order valence-electron chi connectivity index (χ0n) is 11.5. The van der Waals surface area contributed by atoms with Gasteiger partial charge in [0, 0.05) is 6.54 Å². The summed E-state index contributed by atoms with van der Waals surface area (Å²) >= 11 is 0. The smallest absolute Gasteiger partial charge is 0.115 e. The molecule has 0 saturated heterocycles. The van der Waals surface area contributed by atoms with E-state index in [1.165, 1.54) is 5.56 Å².